The first-order valence-corrected chi connectivity index (χ1v) is 10.6. The molecule has 2 aromatic carbocycles. The molecule has 0 amide bonds. The molecule has 0 bridgehead atoms. The van der Waals surface area contributed by atoms with Crippen LogP contribution in [0.25, 0.3) is 11.0 Å². The van der Waals surface area contributed by atoms with Gasteiger partial charge in [0.1, 0.15) is 5.69 Å². The number of sulfone groups is 1. The van der Waals surface area contributed by atoms with Gasteiger partial charge in [-0.2, -0.15) is 5.26 Å². The van der Waals surface area contributed by atoms with E-state index in [1.165, 1.54) is 12.1 Å². The highest BCUT2D eigenvalue weighted by Gasteiger charge is 2.34. The zero-order valence-electron chi connectivity index (χ0n) is 15.8. The molecule has 0 aliphatic rings. The van der Waals surface area contributed by atoms with Crippen molar-refractivity contribution in [2.45, 2.75) is 36.8 Å². The zero-order valence-corrected chi connectivity index (χ0v) is 16.6. The van der Waals surface area contributed by atoms with Crippen LogP contribution in [-0.4, -0.2) is 25.0 Å². The molecule has 28 heavy (non-hydrogen) atoms. The van der Waals surface area contributed by atoms with E-state index in [2.05, 4.69) is 9.97 Å². The molecule has 6 nitrogen and oxygen atoms in total. The molecule has 0 N–H and O–H groups in total. The second-order valence-electron chi connectivity index (χ2n) is 6.47. The first-order chi connectivity index (χ1) is 13.5. The van der Waals surface area contributed by atoms with Gasteiger partial charge in [-0.3, -0.25) is 0 Å². The summed E-state index contributed by atoms with van der Waals surface area (Å²) in [6.45, 7) is 4.27. The zero-order chi connectivity index (χ0) is 20.1. The average molecular weight is 395 g/mol. The molecule has 0 aliphatic heterocycles. The van der Waals surface area contributed by atoms with E-state index < -0.39 is 15.1 Å². The van der Waals surface area contributed by atoms with E-state index in [4.69, 9.17) is 4.74 Å². The Kier molecular flexibility index (Phi) is 5.90. The van der Waals surface area contributed by atoms with E-state index in [0.717, 1.165) is 18.4 Å². The van der Waals surface area contributed by atoms with Crippen LogP contribution in [0.5, 0.6) is 5.88 Å². The molecule has 0 radical (unpaired) electrons. The highest BCUT2D eigenvalue weighted by atomic mass is 32.2. The normalized spacial score (nSPS) is 12.5. The fourth-order valence-corrected chi connectivity index (χ4v) is 4.10. The third-order valence-electron chi connectivity index (χ3n) is 4.33. The van der Waals surface area contributed by atoms with Gasteiger partial charge in [0.2, 0.25) is 15.7 Å². The molecule has 3 aromatic rings. The summed E-state index contributed by atoms with van der Waals surface area (Å²) in [5, 5.41) is 8.24. The molecular formula is C21H21N3O3S. The van der Waals surface area contributed by atoms with Gasteiger partial charge < -0.3 is 4.74 Å². The van der Waals surface area contributed by atoms with Crippen molar-refractivity contribution in [3.05, 3.63) is 59.8 Å². The molecule has 1 atom stereocenters. The molecule has 0 aliphatic carbocycles. The van der Waals surface area contributed by atoms with Gasteiger partial charge in [0.15, 0.2) is 5.25 Å². The minimum Gasteiger partial charge on any atom is -0.476 e. The Morgan fingerprint density at radius 2 is 1.71 bits per heavy atom. The second kappa shape index (κ2) is 8.36. The highest BCUT2D eigenvalue weighted by molar-refractivity contribution is 7.92. The number of para-hydroxylation sites is 2. The Labute approximate surface area is 164 Å². The summed E-state index contributed by atoms with van der Waals surface area (Å²) < 4.78 is 32.0. The van der Waals surface area contributed by atoms with Crippen molar-refractivity contribution in [3.8, 4) is 11.9 Å². The Balaban J connectivity index is 2.13. The van der Waals surface area contributed by atoms with Crippen molar-refractivity contribution in [2.75, 3.05) is 6.61 Å². The largest absolute Gasteiger partial charge is 0.476 e. The van der Waals surface area contributed by atoms with E-state index in [1.54, 1.807) is 30.3 Å². The van der Waals surface area contributed by atoms with Gasteiger partial charge in [0.25, 0.3) is 0 Å². The molecule has 0 saturated carbocycles. The van der Waals surface area contributed by atoms with Crippen LogP contribution < -0.4 is 4.74 Å². The lowest BCUT2D eigenvalue weighted by molar-refractivity contribution is 0.294. The Hall–Kier alpha value is -2.98. The van der Waals surface area contributed by atoms with Crippen molar-refractivity contribution in [2.24, 2.45) is 0 Å². The van der Waals surface area contributed by atoms with Gasteiger partial charge in [0, 0.05) is 0 Å². The number of fused-ring (bicyclic) bond motifs is 1. The van der Waals surface area contributed by atoms with Crippen molar-refractivity contribution in [3.63, 3.8) is 0 Å². The van der Waals surface area contributed by atoms with E-state index in [9.17, 15) is 13.7 Å². The van der Waals surface area contributed by atoms with Gasteiger partial charge in [-0.25, -0.2) is 18.4 Å². The number of benzene rings is 2. The highest BCUT2D eigenvalue weighted by Crippen LogP contribution is 2.33. The number of hydrogen-bond acceptors (Lipinski definition) is 6. The average Bonchev–Trinajstić information content (AvgIpc) is 2.69. The molecule has 7 heteroatoms. The number of aryl methyl sites for hydroxylation is 1. The SMILES string of the molecule is CCCCOc1nc2ccccc2nc1[C@H](C#N)S(=O)(=O)c1ccc(C)cc1. The number of nitrogens with zero attached hydrogens (tertiary/aromatic N) is 3. The standard InChI is InChI=1S/C21H21N3O3S/c1-3-4-13-27-21-20(23-17-7-5-6-8-18(17)24-21)19(14-22)28(25,26)16-11-9-15(2)10-12-16/h5-12,19H,3-4,13H2,1-2H3/t19-/m0/s1. The lowest BCUT2D eigenvalue weighted by atomic mass is 10.2. The van der Waals surface area contributed by atoms with Crippen molar-refractivity contribution in [1.29, 1.82) is 5.26 Å². The van der Waals surface area contributed by atoms with Gasteiger partial charge >= 0.3 is 0 Å². The summed E-state index contributed by atoms with van der Waals surface area (Å²) >= 11 is 0. The van der Waals surface area contributed by atoms with Crippen molar-refractivity contribution >= 4 is 20.9 Å². The van der Waals surface area contributed by atoms with Crippen LogP contribution in [0.2, 0.25) is 0 Å². The Bertz CT molecular complexity index is 1120. The number of unbranched alkanes of at least 4 members (excludes halogenated alkanes) is 1. The van der Waals surface area contributed by atoms with Crippen molar-refractivity contribution in [1.82, 2.24) is 9.97 Å². The maximum Gasteiger partial charge on any atom is 0.238 e. The summed E-state index contributed by atoms with van der Waals surface area (Å²) in [6, 6.07) is 15.4. The van der Waals surface area contributed by atoms with Crippen LogP contribution in [0, 0.1) is 18.3 Å². The van der Waals surface area contributed by atoms with E-state index >= 15 is 0 Å². The van der Waals surface area contributed by atoms with Gasteiger partial charge in [0.05, 0.1) is 28.6 Å². The van der Waals surface area contributed by atoms with Crippen LogP contribution in [-0.2, 0) is 9.84 Å². The molecule has 0 unspecified atom stereocenters. The van der Waals surface area contributed by atoms with Crippen LogP contribution in [0.4, 0.5) is 0 Å². The van der Waals surface area contributed by atoms with E-state index in [1.807, 2.05) is 26.0 Å². The summed E-state index contributed by atoms with van der Waals surface area (Å²) in [7, 11) is -3.99. The maximum atomic E-state index is 13.1. The lowest BCUT2D eigenvalue weighted by Crippen LogP contribution is -2.16. The number of aromatic nitrogens is 2. The fourth-order valence-electron chi connectivity index (χ4n) is 2.73. The molecule has 0 fully saturated rings. The summed E-state index contributed by atoms with van der Waals surface area (Å²) in [5.74, 6) is 0.0920. The van der Waals surface area contributed by atoms with Gasteiger partial charge in [-0.15, -0.1) is 0 Å². The van der Waals surface area contributed by atoms with Crippen molar-refractivity contribution < 1.29 is 13.2 Å². The molecule has 0 spiro atoms. The predicted molar refractivity (Wildman–Crippen MR) is 107 cm³/mol. The topological polar surface area (TPSA) is 92.9 Å². The van der Waals surface area contributed by atoms with Gasteiger partial charge in [-0.05, 0) is 37.6 Å². The summed E-state index contributed by atoms with van der Waals surface area (Å²) in [5.41, 5.74) is 2.06. The third-order valence-corrected chi connectivity index (χ3v) is 6.20. The van der Waals surface area contributed by atoms with E-state index in [0.29, 0.717) is 17.6 Å². The van der Waals surface area contributed by atoms with Crippen LogP contribution in [0.15, 0.2) is 53.4 Å². The summed E-state index contributed by atoms with van der Waals surface area (Å²) in [6.07, 6.45) is 1.70. The number of hydrogen-bond donors (Lipinski definition) is 0. The predicted octanol–water partition coefficient (Wildman–Crippen LogP) is 4.16. The minimum absolute atomic E-state index is 0.0258. The quantitative estimate of drug-likeness (QED) is 0.558. The Morgan fingerprint density at radius 3 is 2.32 bits per heavy atom. The Morgan fingerprint density at radius 1 is 1.07 bits per heavy atom. The fraction of sp³-hybridized carbons (Fsp3) is 0.286. The first-order valence-electron chi connectivity index (χ1n) is 9.07. The van der Waals surface area contributed by atoms with Crippen LogP contribution in [0.3, 0.4) is 0 Å². The lowest BCUT2D eigenvalue weighted by Gasteiger charge is -2.15. The second-order valence-corrected chi connectivity index (χ2v) is 8.50. The maximum absolute atomic E-state index is 13.1. The molecule has 1 aromatic heterocycles. The number of ether oxygens (including phenoxy) is 1. The molecule has 0 saturated heterocycles. The van der Waals surface area contributed by atoms with Crippen LogP contribution in [0.1, 0.15) is 36.3 Å². The number of rotatable bonds is 7. The third kappa shape index (κ3) is 3.97. The molecule has 3 rings (SSSR count). The number of nitriles is 1. The van der Waals surface area contributed by atoms with Gasteiger partial charge in [-0.1, -0.05) is 43.2 Å². The minimum atomic E-state index is -3.99. The van der Waals surface area contributed by atoms with Crippen LogP contribution >= 0.6 is 0 Å². The molecule has 144 valence electrons. The monoisotopic (exact) mass is 395 g/mol. The molecule has 1 heterocycles. The first kappa shape index (κ1) is 19.8. The molecular weight excluding hydrogens is 374 g/mol. The summed E-state index contributed by atoms with van der Waals surface area (Å²) in [4.78, 5) is 8.95. The van der Waals surface area contributed by atoms with E-state index in [-0.39, 0.29) is 16.5 Å². The smallest absolute Gasteiger partial charge is 0.238 e.